The Labute approximate surface area is 98.4 Å². The number of hydrogen-bond acceptors (Lipinski definition) is 2. The number of likely N-dealkylation sites (tertiary alicyclic amines) is 1. The first-order valence-electron chi connectivity index (χ1n) is 6.70. The fourth-order valence-electron chi connectivity index (χ4n) is 3.09. The van der Waals surface area contributed by atoms with Crippen LogP contribution in [0.2, 0.25) is 0 Å². The first-order valence-corrected chi connectivity index (χ1v) is 6.70. The molecule has 3 heteroatoms. The quantitative estimate of drug-likeness (QED) is 0.777. The molecule has 2 rings (SSSR count). The van der Waals surface area contributed by atoms with Crippen molar-refractivity contribution in [3.8, 4) is 0 Å². The molecule has 2 N–H and O–H groups in total. The molecule has 0 aromatic heterocycles. The Morgan fingerprint density at radius 1 is 1.31 bits per heavy atom. The Balaban J connectivity index is 1.82. The average Bonchev–Trinajstić information content (AvgIpc) is 2.64. The molecule has 0 aromatic rings. The molecule has 3 atom stereocenters. The van der Waals surface area contributed by atoms with Gasteiger partial charge in [0, 0.05) is 25.6 Å². The zero-order chi connectivity index (χ0) is 11.5. The molecule has 1 saturated carbocycles. The van der Waals surface area contributed by atoms with Crippen molar-refractivity contribution in [1.82, 2.24) is 4.90 Å². The number of carbonyl (C=O) groups excluding carboxylic acids is 1. The third-order valence-corrected chi connectivity index (χ3v) is 4.16. The molecule has 1 unspecified atom stereocenters. The fourth-order valence-corrected chi connectivity index (χ4v) is 3.09. The van der Waals surface area contributed by atoms with Crippen molar-refractivity contribution in [2.24, 2.45) is 17.6 Å². The molecule has 1 saturated heterocycles. The summed E-state index contributed by atoms with van der Waals surface area (Å²) < 4.78 is 0. The zero-order valence-electron chi connectivity index (χ0n) is 10.3. The second-order valence-corrected chi connectivity index (χ2v) is 5.65. The predicted octanol–water partition coefficient (Wildman–Crippen LogP) is 1.76. The normalized spacial score (nSPS) is 35.4. The van der Waals surface area contributed by atoms with Gasteiger partial charge in [-0.1, -0.05) is 13.3 Å². The lowest BCUT2D eigenvalue weighted by atomic mass is 9.96. The minimum atomic E-state index is 0.270. The van der Waals surface area contributed by atoms with Gasteiger partial charge in [0.2, 0.25) is 5.91 Å². The molecule has 1 amide bonds. The van der Waals surface area contributed by atoms with Gasteiger partial charge in [0.1, 0.15) is 0 Å². The number of nitrogens with two attached hydrogens (primary N) is 1. The molecule has 1 aliphatic carbocycles. The van der Waals surface area contributed by atoms with E-state index in [9.17, 15) is 4.79 Å². The van der Waals surface area contributed by atoms with Gasteiger partial charge in [0.25, 0.3) is 0 Å². The number of rotatable bonds is 2. The van der Waals surface area contributed by atoms with Gasteiger partial charge in [-0.25, -0.2) is 0 Å². The maximum Gasteiger partial charge on any atom is 0.222 e. The Bertz CT molecular complexity index is 254. The van der Waals surface area contributed by atoms with E-state index in [0.29, 0.717) is 24.2 Å². The summed E-state index contributed by atoms with van der Waals surface area (Å²) in [7, 11) is 0. The first kappa shape index (κ1) is 11.9. The van der Waals surface area contributed by atoms with Gasteiger partial charge in [-0.2, -0.15) is 0 Å². The van der Waals surface area contributed by atoms with Crippen LogP contribution in [0, 0.1) is 11.8 Å². The summed E-state index contributed by atoms with van der Waals surface area (Å²) in [5.41, 5.74) is 6.01. The van der Waals surface area contributed by atoms with E-state index >= 15 is 0 Å². The Hall–Kier alpha value is -0.570. The molecule has 0 spiro atoms. The predicted molar refractivity (Wildman–Crippen MR) is 64.9 cm³/mol. The lowest BCUT2D eigenvalue weighted by Gasteiger charge is -2.32. The number of nitrogens with zero attached hydrogens (tertiary/aromatic N) is 1. The van der Waals surface area contributed by atoms with E-state index in [4.69, 9.17) is 5.73 Å². The van der Waals surface area contributed by atoms with E-state index in [2.05, 4.69) is 11.8 Å². The fraction of sp³-hybridized carbons (Fsp3) is 0.923. The number of hydrogen-bond donors (Lipinski definition) is 1. The maximum atomic E-state index is 12.1. The molecule has 16 heavy (non-hydrogen) atoms. The van der Waals surface area contributed by atoms with Crippen molar-refractivity contribution < 1.29 is 4.79 Å². The standard InChI is InChI=1S/C13H24N2O/c1-10-4-3-7-15(9-10)13(16)8-11-5-2-6-12(11)14/h10-12H,2-9,14H2,1H3/t10?,11-,12+/m0/s1. The largest absolute Gasteiger partial charge is 0.342 e. The van der Waals surface area contributed by atoms with Crippen molar-refractivity contribution in [1.29, 1.82) is 0 Å². The minimum Gasteiger partial charge on any atom is -0.342 e. The van der Waals surface area contributed by atoms with Gasteiger partial charge >= 0.3 is 0 Å². The van der Waals surface area contributed by atoms with Crippen molar-refractivity contribution >= 4 is 5.91 Å². The average molecular weight is 224 g/mol. The second-order valence-electron chi connectivity index (χ2n) is 5.65. The molecule has 0 bridgehead atoms. The van der Waals surface area contributed by atoms with Crippen LogP contribution in [-0.2, 0) is 4.79 Å². The molecule has 3 nitrogen and oxygen atoms in total. The summed E-state index contributed by atoms with van der Waals surface area (Å²) in [6.45, 7) is 4.16. The van der Waals surface area contributed by atoms with Crippen LogP contribution in [0.1, 0.15) is 45.4 Å². The summed E-state index contributed by atoms with van der Waals surface area (Å²) >= 11 is 0. The van der Waals surface area contributed by atoms with Crippen LogP contribution >= 0.6 is 0 Å². The molecular weight excluding hydrogens is 200 g/mol. The van der Waals surface area contributed by atoms with E-state index in [-0.39, 0.29) is 6.04 Å². The van der Waals surface area contributed by atoms with E-state index < -0.39 is 0 Å². The van der Waals surface area contributed by atoms with Crippen LogP contribution in [0.4, 0.5) is 0 Å². The van der Waals surface area contributed by atoms with Crippen LogP contribution < -0.4 is 5.73 Å². The molecule has 0 aromatic carbocycles. The van der Waals surface area contributed by atoms with Crippen molar-refractivity contribution in [2.45, 2.75) is 51.5 Å². The monoisotopic (exact) mass is 224 g/mol. The highest BCUT2D eigenvalue weighted by atomic mass is 16.2. The smallest absolute Gasteiger partial charge is 0.222 e. The Kier molecular flexibility index (Phi) is 3.85. The first-order chi connectivity index (χ1) is 7.66. The maximum absolute atomic E-state index is 12.1. The van der Waals surface area contributed by atoms with Crippen LogP contribution in [0.5, 0.6) is 0 Å². The summed E-state index contributed by atoms with van der Waals surface area (Å²) in [5.74, 6) is 1.47. The van der Waals surface area contributed by atoms with E-state index in [1.165, 1.54) is 19.3 Å². The van der Waals surface area contributed by atoms with E-state index in [1.807, 2.05) is 0 Å². The van der Waals surface area contributed by atoms with Gasteiger partial charge in [-0.15, -0.1) is 0 Å². The van der Waals surface area contributed by atoms with Crippen LogP contribution in [0.3, 0.4) is 0 Å². The molecule has 92 valence electrons. The van der Waals surface area contributed by atoms with Crippen molar-refractivity contribution in [3.05, 3.63) is 0 Å². The number of piperidine rings is 1. The van der Waals surface area contributed by atoms with Gasteiger partial charge in [0.05, 0.1) is 0 Å². The van der Waals surface area contributed by atoms with Crippen molar-refractivity contribution in [3.63, 3.8) is 0 Å². The molecule has 2 aliphatic rings. The summed E-state index contributed by atoms with van der Waals surface area (Å²) in [6.07, 6.45) is 6.59. The van der Waals surface area contributed by atoms with E-state index in [0.717, 1.165) is 25.9 Å². The van der Waals surface area contributed by atoms with Gasteiger partial charge in [0.15, 0.2) is 0 Å². The van der Waals surface area contributed by atoms with Gasteiger partial charge in [-0.3, -0.25) is 4.79 Å². The molecule has 2 fully saturated rings. The van der Waals surface area contributed by atoms with Crippen LogP contribution in [0.25, 0.3) is 0 Å². The highest BCUT2D eigenvalue weighted by molar-refractivity contribution is 5.76. The third-order valence-electron chi connectivity index (χ3n) is 4.16. The van der Waals surface area contributed by atoms with Crippen molar-refractivity contribution in [2.75, 3.05) is 13.1 Å². The zero-order valence-corrected chi connectivity index (χ0v) is 10.3. The highest BCUT2D eigenvalue weighted by Gasteiger charge is 2.29. The highest BCUT2D eigenvalue weighted by Crippen LogP contribution is 2.28. The minimum absolute atomic E-state index is 0.270. The molecule has 0 radical (unpaired) electrons. The molecule has 1 aliphatic heterocycles. The Morgan fingerprint density at radius 2 is 2.12 bits per heavy atom. The third kappa shape index (κ3) is 2.76. The Morgan fingerprint density at radius 3 is 2.75 bits per heavy atom. The SMILES string of the molecule is CC1CCCN(C(=O)C[C@@H]2CCC[C@H]2N)C1. The topological polar surface area (TPSA) is 46.3 Å². The summed E-state index contributed by atoms with van der Waals surface area (Å²) in [5, 5.41) is 0. The second kappa shape index (κ2) is 5.17. The number of carbonyl (C=O) groups is 1. The lowest BCUT2D eigenvalue weighted by molar-refractivity contribution is -0.134. The number of amides is 1. The summed E-state index contributed by atoms with van der Waals surface area (Å²) in [6, 6.07) is 0.270. The van der Waals surface area contributed by atoms with Crippen LogP contribution in [0.15, 0.2) is 0 Å². The van der Waals surface area contributed by atoms with Crippen LogP contribution in [-0.4, -0.2) is 29.9 Å². The van der Waals surface area contributed by atoms with Gasteiger partial charge in [-0.05, 0) is 37.5 Å². The van der Waals surface area contributed by atoms with E-state index in [1.54, 1.807) is 0 Å². The molecule has 1 heterocycles. The lowest BCUT2D eigenvalue weighted by Crippen LogP contribution is -2.41. The summed E-state index contributed by atoms with van der Waals surface area (Å²) in [4.78, 5) is 14.2. The molecular formula is C13H24N2O. The van der Waals surface area contributed by atoms with Gasteiger partial charge < -0.3 is 10.6 Å².